The maximum absolute atomic E-state index is 11.6. The number of nitrogens with zero attached hydrogens (tertiary/aromatic N) is 1. The number of methoxy groups -OCH3 is 1. The fraction of sp³-hybridized carbons (Fsp3) is 0.818. The average molecular weight is 257 g/mol. The molecule has 18 heavy (non-hydrogen) atoms. The summed E-state index contributed by atoms with van der Waals surface area (Å²) in [5, 5.41) is 6.13. The number of hydrogen-bond donors (Lipinski definition) is 2. The number of rotatable bonds is 3. The standard InChI is InChI=1S/C11H19N3O4/c1-17-10(16)7-8-6-9(15)13-11(12-8)14-2-4-18-5-3-14/h8,11-12H,2-7H2,1H3,(H,13,15). The molecular formula is C11H19N3O4. The highest BCUT2D eigenvalue weighted by molar-refractivity contribution is 5.79. The molecule has 2 saturated heterocycles. The van der Waals surface area contributed by atoms with Crippen LogP contribution in [0.1, 0.15) is 12.8 Å². The molecule has 7 heteroatoms. The summed E-state index contributed by atoms with van der Waals surface area (Å²) in [6.07, 6.45) is 0.297. The summed E-state index contributed by atoms with van der Waals surface area (Å²) in [7, 11) is 1.35. The van der Waals surface area contributed by atoms with Crippen molar-refractivity contribution < 1.29 is 19.1 Å². The lowest BCUT2D eigenvalue weighted by Crippen LogP contribution is -2.65. The first-order chi connectivity index (χ1) is 8.69. The topological polar surface area (TPSA) is 79.9 Å². The maximum atomic E-state index is 11.6. The molecule has 102 valence electrons. The van der Waals surface area contributed by atoms with Gasteiger partial charge in [-0.3, -0.25) is 19.8 Å². The predicted octanol–water partition coefficient (Wildman–Crippen LogP) is -1.36. The van der Waals surface area contributed by atoms with Crippen LogP contribution in [-0.2, 0) is 19.1 Å². The van der Waals surface area contributed by atoms with Crippen LogP contribution < -0.4 is 10.6 Å². The molecule has 2 fully saturated rings. The second kappa shape index (κ2) is 6.12. The van der Waals surface area contributed by atoms with Gasteiger partial charge in [0.25, 0.3) is 0 Å². The molecule has 7 nitrogen and oxygen atoms in total. The number of nitrogens with one attached hydrogen (secondary N) is 2. The molecule has 2 rings (SSSR count). The molecule has 0 saturated carbocycles. The third kappa shape index (κ3) is 3.41. The Hall–Kier alpha value is -1.18. The van der Waals surface area contributed by atoms with E-state index >= 15 is 0 Å². The summed E-state index contributed by atoms with van der Waals surface area (Å²) in [4.78, 5) is 25.0. The van der Waals surface area contributed by atoms with Gasteiger partial charge < -0.3 is 14.8 Å². The molecule has 0 spiro atoms. The van der Waals surface area contributed by atoms with Crippen LogP contribution in [0.5, 0.6) is 0 Å². The van der Waals surface area contributed by atoms with Gasteiger partial charge in [0.05, 0.1) is 26.7 Å². The molecule has 0 bridgehead atoms. The Morgan fingerprint density at radius 3 is 2.89 bits per heavy atom. The highest BCUT2D eigenvalue weighted by Crippen LogP contribution is 2.10. The second-order valence-corrected chi connectivity index (χ2v) is 4.47. The van der Waals surface area contributed by atoms with Crippen molar-refractivity contribution in [3.8, 4) is 0 Å². The van der Waals surface area contributed by atoms with Crippen LogP contribution >= 0.6 is 0 Å². The van der Waals surface area contributed by atoms with Gasteiger partial charge in [-0.2, -0.15) is 0 Å². The minimum Gasteiger partial charge on any atom is -0.469 e. The van der Waals surface area contributed by atoms with E-state index in [-0.39, 0.29) is 30.6 Å². The van der Waals surface area contributed by atoms with Crippen LogP contribution in [0, 0.1) is 0 Å². The fourth-order valence-corrected chi connectivity index (χ4v) is 2.21. The van der Waals surface area contributed by atoms with Crippen LogP contribution in [-0.4, -0.2) is 62.5 Å². The molecule has 1 amide bonds. The van der Waals surface area contributed by atoms with E-state index in [0.717, 1.165) is 13.1 Å². The normalized spacial score (nSPS) is 29.7. The third-order valence-corrected chi connectivity index (χ3v) is 3.17. The van der Waals surface area contributed by atoms with E-state index in [1.165, 1.54) is 7.11 Å². The van der Waals surface area contributed by atoms with Crippen molar-refractivity contribution in [1.82, 2.24) is 15.5 Å². The zero-order chi connectivity index (χ0) is 13.0. The van der Waals surface area contributed by atoms with Crippen LogP contribution in [0.2, 0.25) is 0 Å². The number of hydrogen-bond acceptors (Lipinski definition) is 6. The first kappa shape index (κ1) is 13.3. The Labute approximate surface area is 106 Å². The SMILES string of the molecule is COC(=O)CC1CC(=O)NC(N2CCOCC2)N1. The zero-order valence-electron chi connectivity index (χ0n) is 10.5. The van der Waals surface area contributed by atoms with Crippen LogP contribution in [0.15, 0.2) is 0 Å². The molecule has 2 unspecified atom stereocenters. The minimum absolute atomic E-state index is 0.0425. The lowest BCUT2D eigenvalue weighted by atomic mass is 10.1. The van der Waals surface area contributed by atoms with E-state index in [1.807, 2.05) is 0 Å². The molecule has 0 aliphatic carbocycles. The van der Waals surface area contributed by atoms with Crippen LogP contribution in [0.25, 0.3) is 0 Å². The van der Waals surface area contributed by atoms with Gasteiger partial charge in [-0.25, -0.2) is 0 Å². The highest BCUT2D eigenvalue weighted by atomic mass is 16.5. The molecular weight excluding hydrogens is 238 g/mol. The van der Waals surface area contributed by atoms with Gasteiger partial charge >= 0.3 is 5.97 Å². The molecule has 2 heterocycles. The number of carbonyl (C=O) groups is 2. The zero-order valence-corrected chi connectivity index (χ0v) is 10.5. The maximum Gasteiger partial charge on any atom is 0.307 e. The van der Waals surface area contributed by atoms with E-state index in [0.29, 0.717) is 19.6 Å². The summed E-state index contributed by atoms with van der Waals surface area (Å²) >= 11 is 0. The van der Waals surface area contributed by atoms with Crippen LogP contribution in [0.4, 0.5) is 0 Å². The van der Waals surface area contributed by atoms with Crippen molar-refractivity contribution in [2.45, 2.75) is 25.2 Å². The highest BCUT2D eigenvalue weighted by Gasteiger charge is 2.31. The number of esters is 1. The van der Waals surface area contributed by atoms with Crippen molar-refractivity contribution in [1.29, 1.82) is 0 Å². The monoisotopic (exact) mass is 257 g/mol. The lowest BCUT2D eigenvalue weighted by molar-refractivity contribution is -0.142. The molecule has 0 radical (unpaired) electrons. The quantitative estimate of drug-likeness (QED) is 0.608. The van der Waals surface area contributed by atoms with Gasteiger partial charge in [0.2, 0.25) is 5.91 Å². The second-order valence-electron chi connectivity index (χ2n) is 4.47. The van der Waals surface area contributed by atoms with Gasteiger partial charge in [-0.05, 0) is 0 Å². The summed E-state index contributed by atoms with van der Waals surface area (Å²) in [5.74, 6) is -0.345. The van der Waals surface area contributed by atoms with Crippen molar-refractivity contribution in [2.75, 3.05) is 33.4 Å². The Morgan fingerprint density at radius 1 is 1.50 bits per heavy atom. The van der Waals surface area contributed by atoms with Crippen molar-refractivity contribution in [2.24, 2.45) is 0 Å². The lowest BCUT2D eigenvalue weighted by Gasteiger charge is -2.40. The van der Waals surface area contributed by atoms with Crippen molar-refractivity contribution in [3.05, 3.63) is 0 Å². The molecule has 2 aliphatic heterocycles. The van der Waals surface area contributed by atoms with Gasteiger partial charge in [0.15, 0.2) is 0 Å². The Bertz CT molecular complexity index is 317. The summed E-state index contributed by atoms with van der Waals surface area (Å²) in [5.41, 5.74) is 0. The van der Waals surface area contributed by atoms with E-state index in [9.17, 15) is 9.59 Å². The fourth-order valence-electron chi connectivity index (χ4n) is 2.21. The van der Waals surface area contributed by atoms with Crippen LogP contribution in [0.3, 0.4) is 0 Å². The Kier molecular flexibility index (Phi) is 4.51. The number of ether oxygens (including phenoxy) is 2. The third-order valence-electron chi connectivity index (χ3n) is 3.17. The number of morpholine rings is 1. The Morgan fingerprint density at radius 2 is 2.22 bits per heavy atom. The van der Waals surface area contributed by atoms with Crippen molar-refractivity contribution >= 4 is 11.9 Å². The summed E-state index contributed by atoms with van der Waals surface area (Å²) in [6.45, 7) is 2.86. The largest absolute Gasteiger partial charge is 0.469 e. The van der Waals surface area contributed by atoms with Gasteiger partial charge in [0, 0.05) is 25.6 Å². The van der Waals surface area contributed by atoms with E-state index < -0.39 is 0 Å². The van der Waals surface area contributed by atoms with Gasteiger partial charge in [0.1, 0.15) is 6.29 Å². The first-order valence-electron chi connectivity index (χ1n) is 6.13. The van der Waals surface area contributed by atoms with Crippen molar-refractivity contribution in [3.63, 3.8) is 0 Å². The smallest absolute Gasteiger partial charge is 0.307 e. The average Bonchev–Trinajstić information content (AvgIpc) is 2.39. The van der Waals surface area contributed by atoms with Gasteiger partial charge in [-0.15, -0.1) is 0 Å². The Balaban J connectivity index is 1.91. The predicted molar refractivity (Wildman–Crippen MR) is 62.5 cm³/mol. The number of amides is 1. The molecule has 0 aromatic carbocycles. The van der Waals surface area contributed by atoms with E-state index in [1.54, 1.807) is 0 Å². The minimum atomic E-state index is -0.303. The summed E-state index contributed by atoms with van der Waals surface area (Å²) in [6, 6.07) is -0.168. The summed E-state index contributed by atoms with van der Waals surface area (Å²) < 4.78 is 9.89. The molecule has 2 N–H and O–H groups in total. The first-order valence-corrected chi connectivity index (χ1v) is 6.13. The van der Waals surface area contributed by atoms with E-state index in [2.05, 4.69) is 20.3 Å². The molecule has 0 aromatic rings. The molecule has 0 aromatic heterocycles. The molecule has 2 atom stereocenters. The van der Waals surface area contributed by atoms with E-state index in [4.69, 9.17) is 4.74 Å². The number of carbonyl (C=O) groups excluding carboxylic acids is 2. The van der Waals surface area contributed by atoms with Gasteiger partial charge in [-0.1, -0.05) is 0 Å². The molecule has 2 aliphatic rings.